The Morgan fingerprint density at radius 2 is 1.71 bits per heavy atom. The highest BCUT2D eigenvalue weighted by molar-refractivity contribution is 6.08. The molecule has 1 aliphatic heterocycles. The second kappa shape index (κ2) is 7.09. The third-order valence-electron chi connectivity index (χ3n) is 5.54. The van der Waals surface area contributed by atoms with Gasteiger partial charge in [0, 0.05) is 54.2 Å². The van der Waals surface area contributed by atoms with Crippen LogP contribution in [-0.4, -0.2) is 53.4 Å². The van der Waals surface area contributed by atoms with Gasteiger partial charge in [-0.1, -0.05) is 36.4 Å². The lowest BCUT2D eigenvalue weighted by Gasteiger charge is -2.35. The molecular weight excluding hydrogens is 348 g/mol. The molecule has 0 unspecified atom stereocenters. The molecule has 0 spiro atoms. The SMILES string of the molecule is O=C(CN1CCN(c2ccc3ccccc3n2)CC1)c1c[nH]c2ccccc12. The molecule has 0 radical (unpaired) electrons. The van der Waals surface area contributed by atoms with Crippen LogP contribution in [0.15, 0.2) is 66.9 Å². The van der Waals surface area contributed by atoms with Crippen molar-refractivity contribution in [3.63, 3.8) is 0 Å². The van der Waals surface area contributed by atoms with Crippen LogP contribution in [0.2, 0.25) is 0 Å². The Morgan fingerprint density at radius 3 is 2.61 bits per heavy atom. The third-order valence-corrected chi connectivity index (χ3v) is 5.54. The summed E-state index contributed by atoms with van der Waals surface area (Å²) in [6, 6.07) is 20.4. The van der Waals surface area contributed by atoms with Crippen LogP contribution in [-0.2, 0) is 0 Å². The largest absolute Gasteiger partial charge is 0.360 e. The summed E-state index contributed by atoms with van der Waals surface area (Å²) in [5, 5.41) is 2.17. The van der Waals surface area contributed by atoms with Crippen molar-refractivity contribution in [2.45, 2.75) is 0 Å². The number of nitrogens with zero attached hydrogens (tertiary/aromatic N) is 3. The Morgan fingerprint density at radius 1 is 0.929 bits per heavy atom. The molecule has 1 fully saturated rings. The maximum Gasteiger partial charge on any atom is 0.178 e. The van der Waals surface area contributed by atoms with E-state index in [1.807, 2.05) is 42.6 Å². The molecule has 5 rings (SSSR count). The number of nitrogens with one attached hydrogen (secondary N) is 1. The second-order valence-electron chi connectivity index (χ2n) is 7.30. The molecule has 2 aromatic heterocycles. The smallest absolute Gasteiger partial charge is 0.178 e. The minimum atomic E-state index is 0.176. The number of hydrogen-bond acceptors (Lipinski definition) is 4. The van der Waals surface area contributed by atoms with E-state index >= 15 is 0 Å². The average Bonchev–Trinajstić information content (AvgIpc) is 3.18. The number of Topliss-reactive ketones (excluding diaryl/α,β-unsaturated/α-hetero) is 1. The number of para-hydroxylation sites is 2. The number of benzene rings is 2. The van der Waals surface area contributed by atoms with Gasteiger partial charge in [0.2, 0.25) is 0 Å². The van der Waals surface area contributed by atoms with Crippen molar-refractivity contribution in [3.05, 3.63) is 72.4 Å². The summed E-state index contributed by atoms with van der Waals surface area (Å²) in [4.78, 5) is 25.3. The van der Waals surface area contributed by atoms with Gasteiger partial charge in [0.25, 0.3) is 0 Å². The van der Waals surface area contributed by atoms with Crippen LogP contribution in [0.25, 0.3) is 21.8 Å². The molecule has 0 saturated carbocycles. The summed E-state index contributed by atoms with van der Waals surface area (Å²) < 4.78 is 0. The van der Waals surface area contributed by atoms with Gasteiger partial charge in [-0.2, -0.15) is 0 Å². The lowest BCUT2D eigenvalue weighted by molar-refractivity contribution is 0.0928. The highest BCUT2D eigenvalue weighted by atomic mass is 16.1. The number of carbonyl (C=O) groups is 1. The zero-order chi connectivity index (χ0) is 18.9. The summed E-state index contributed by atoms with van der Waals surface area (Å²) >= 11 is 0. The van der Waals surface area contributed by atoms with Gasteiger partial charge < -0.3 is 9.88 Å². The van der Waals surface area contributed by atoms with Crippen molar-refractivity contribution >= 4 is 33.4 Å². The molecule has 0 bridgehead atoms. The molecule has 140 valence electrons. The van der Waals surface area contributed by atoms with Gasteiger partial charge in [0.15, 0.2) is 5.78 Å². The molecule has 1 N–H and O–H groups in total. The predicted molar refractivity (Wildman–Crippen MR) is 113 cm³/mol. The number of fused-ring (bicyclic) bond motifs is 2. The number of hydrogen-bond donors (Lipinski definition) is 1. The highest BCUT2D eigenvalue weighted by Gasteiger charge is 2.21. The standard InChI is InChI=1S/C23H22N4O/c28-22(19-15-24-21-8-4-2-6-18(19)21)16-26-11-13-27(14-12-26)23-10-9-17-5-1-3-7-20(17)25-23/h1-10,15,24H,11-14,16H2. The first-order valence-corrected chi connectivity index (χ1v) is 9.70. The Bertz CT molecular complexity index is 1140. The molecule has 1 aliphatic rings. The van der Waals surface area contributed by atoms with Crippen LogP contribution in [0, 0.1) is 0 Å². The Kier molecular flexibility index (Phi) is 4.29. The minimum Gasteiger partial charge on any atom is -0.360 e. The number of aromatic nitrogens is 2. The molecule has 5 nitrogen and oxygen atoms in total. The van der Waals surface area contributed by atoms with Crippen LogP contribution in [0.4, 0.5) is 5.82 Å². The Hall–Kier alpha value is -3.18. The first-order chi connectivity index (χ1) is 13.8. The molecule has 0 amide bonds. The lowest BCUT2D eigenvalue weighted by Crippen LogP contribution is -2.48. The summed E-state index contributed by atoms with van der Waals surface area (Å²) in [7, 11) is 0. The topological polar surface area (TPSA) is 52.2 Å². The molecule has 1 saturated heterocycles. The summed E-state index contributed by atoms with van der Waals surface area (Å²) in [5.74, 6) is 1.19. The van der Waals surface area contributed by atoms with Gasteiger partial charge in [-0.05, 0) is 24.3 Å². The first kappa shape index (κ1) is 17.0. The maximum atomic E-state index is 12.8. The van der Waals surface area contributed by atoms with E-state index in [9.17, 15) is 4.79 Å². The van der Waals surface area contributed by atoms with Crippen LogP contribution >= 0.6 is 0 Å². The van der Waals surface area contributed by atoms with Crippen LogP contribution in [0.5, 0.6) is 0 Å². The van der Waals surface area contributed by atoms with Gasteiger partial charge in [-0.15, -0.1) is 0 Å². The van der Waals surface area contributed by atoms with Crippen molar-refractivity contribution in [2.24, 2.45) is 0 Å². The van der Waals surface area contributed by atoms with E-state index < -0.39 is 0 Å². The van der Waals surface area contributed by atoms with E-state index in [1.54, 1.807) is 0 Å². The Labute approximate surface area is 163 Å². The van der Waals surface area contributed by atoms with Crippen molar-refractivity contribution in [1.29, 1.82) is 0 Å². The highest BCUT2D eigenvalue weighted by Crippen LogP contribution is 2.21. The normalized spacial score (nSPS) is 15.4. The number of ketones is 1. The maximum absolute atomic E-state index is 12.8. The average molecular weight is 370 g/mol. The number of rotatable bonds is 4. The first-order valence-electron chi connectivity index (χ1n) is 9.70. The molecule has 4 aromatic rings. The van der Waals surface area contributed by atoms with Gasteiger partial charge in [-0.3, -0.25) is 9.69 Å². The number of aromatic amines is 1. The minimum absolute atomic E-state index is 0.176. The van der Waals surface area contributed by atoms with Crippen LogP contribution in [0.1, 0.15) is 10.4 Å². The van der Waals surface area contributed by atoms with Gasteiger partial charge in [0.1, 0.15) is 5.82 Å². The lowest BCUT2D eigenvalue weighted by atomic mass is 10.1. The van der Waals surface area contributed by atoms with E-state index in [1.165, 1.54) is 0 Å². The van der Waals surface area contributed by atoms with E-state index in [2.05, 4.69) is 39.0 Å². The van der Waals surface area contributed by atoms with Crippen molar-refractivity contribution in [1.82, 2.24) is 14.9 Å². The molecule has 3 heterocycles. The number of carbonyl (C=O) groups excluding carboxylic acids is 1. The van der Waals surface area contributed by atoms with E-state index in [4.69, 9.17) is 4.98 Å². The number of anilines is 1. The van der Waals surface area contributed by atoms with Crippen LogP contribution < -0.4 is 4.90 Å². The fourth-order valence-electron chi connectivity index (χ4n) is 3.96. The number of pyridine rings is 1. The third kappa shape index (κ3) is 3.14. The van der Waals surface area contributed by atoms with Crippen LogP contribution in [0.3, 0.4) is 0 Å². The van der Waals surface area contributed by atoms with Crippen molar-refractivity contribution < 1.29 is 4.79 Å². The quantitative estimate of drug-likeness (QED) is 0.556. The molecule has 2 aromatic carbocycles. The molecule has 0 atom stereocenters. The fourth-order valence-corrected chi connectivity index (χ4v) is 3.96. The van der Waals surface area contributed by atoms with Crippen molar-refractivity contribution in [3.8, 4) is 0 Å². The molecular formula is C23H22N4O. The predicted octanol–water partition coefficient (Wildman–Crippen LogP) is 3.72. The fraction of sp³-hybridized carbons (Fsp3) is 0.217. The number of H-pyrrole nitrogens is 1. The van der Waals surface area contributed by atoms with E-state index in [0.29, 0.717) is 6.54 Å². The molecule has 0 aliphatic carbocycles. The van der Waals surface area contributed by atoms with Gasteiger partial charge in [0.05, 0.1) is 12.1 Å². The van der Waals surface area contributed by atoms with E-state index in [-0.39, 0.29) is 5.78 Å². The molecule has 28 heavy (non-hydrogen) atoms. The monoisotopic (exact) mass is 370 g/mol. The zero-order valence-corrected chi connectivity index (χ0v) is 15.6. The zero-order valence-electron chi connectivity index (χ0n) is 15.6. The summed E-state index contributed by atoms with van der Waals surface area (Å²) in [6.45, 7) is 3.95. The van der Waals surface area contributed by atoms with Gasteiger partial charge in [-0.25, -0.2) is 4.98 Å². The van der Waals surface area contributed by atoms with Gasteiger partial charge >= 0.3 is 0 Å². The Balaban J connectivity index is 1.24. The molecule has 5 heteroatoms. The van der Waals surface area contributed by atoms with Crippen molar-refractivity contribution in [2.75, 3.05) is 37.6 Å². The number of piperazine rings is 1. The summed E-state index contributed by atoms with van der Waals surface area (Å²) in [5.41, 5.74) is 2.82. The van der Waals surface area contributed by atoms with E-state index in [0.717, 1.165) is 59.4 Å². The second-order valence-corrected chi connectivity index (χ2v) is 7.30. The summed E-state index contributed by atoms with van der Waals surface area (Å²) in [6.07, 6.45) is 1.84.